The molecule has 1 atom stereocenters. The summed E-state index contributed by atoms with van der Waals surface area (Å²) in [6.45, 7) is 3.50. The number of methoxy groups -OCH3 is 1. The van der Waals surface area contributed by atoms with Crippen molar-refractivity contribution in [3.05, 3.63) is 71.4 Å². The first-order chi connectivity index (χ1) is 15.9. The van der Waals surface area contributed by atoms with Crippen molar-refractivity contribution in [1.29, 1.82) is 0 Å². The Kier molecular flexibility index (Phi) is 5.54. The Bertz CT molecular complexity index is 1190. The number of amides is 2. The maximum Gasteiger partial charge on any atom is 0.425 e. The maximum atomic E-state index is 14.8. The smallest absolute Gasteiger partial charge is 0.425 e. The molecule has 9 heteroatoms. The van der Waals surface area contributed by atoms with Crippen LogP contribution in [0.25, 0.3) is 0 Å². The van der Waals surface area contributed by atoms with Gasteiger partial charge in [-0.25, -0.2) is 0 Å². The van der Waals surface area contributed by atoms with Crippen molar-refractivity contribution in [2.75, 3.05) is 12.0 Å². The van der Waals surface area contributed by atoms with Gasteiger partial charge in [0.1, 0.15) is 5.75 Å². The number of benzene rings is 2. The van der Waals surface area contributed by atoms with Gasteiger partial charge in [-0.15, -0.1) is 0 Å². The second kappa shape index (κ2) is 8.00. The molecule has 0 fully saturated rings. The van der Waals surface area contributed by atoms with Crippen LogP contribution in [0.5, 0.6) is 5.75 Å². The molecular formula is C25H23F3N2O4. The number of hydrogen-bond acceptors (Lipinski definition) is 4. The molecule has 1 aliphatic carbocycles. The fraction of sp³-hybridized carbons (Fsp3) is 0.320. The van der Waals surface area contributed by atoms with E-state index in [1.54, 1.807) is 19.9 Å². The van der Waals surface area contributed by atoms with Gasteiger partial charge in [-0.1, -0.05) is 32.0 Å². The number of ketones is 1. The summed E-state index contributed by atoms with van der Waals surface area (Å²) in [5, 5.41) is 1.92. The van der Waals surface area contributed by atoms with Crippen LogP contribution >= 0.6 is 0 Å². The van der Waals surface area contributed by atoms with Crippen molar-refractivity contribution in [3.63, 3.8) is 0 Å². The number of carbonyl (C=O) groups excluding carboxylic acids is 3. The third-order valence-corrected chi connectivity index (χ3v) is 6.11. The van der Waals surface area contributed by atoms with Crippen molar-refractivity contribution in [2.45, 2.75) is 38.4 Å². The van der Waals surface area contributed by atoms with Crippen LogP contribution in [0.2, 0.25) is 0 Å². The lowest BCUT2D eigenvalue weighted by atomic mass is 9.72. The molecule has 2 aromatic carbocycles. The number of carbonyl (C=O) groups is 3. The summed E-state index contributed by atoms with van der Waals surface area (Å²) in [6.07, 6.45) is -5.41. The van der Waals surface area contributed by atoms with E-state index in [9.17, 15) is 27.6 Å². The Morgan fingerprint density at radius 3 is 2.18 bits per heavy atom. The van der Waals surface area contributed by atoms with E-state index in [-0.39, 0.29) is 29.8 Å². The molecule has 0 saturated heterocycles. The van der Waals surface area contributed by atoms with E-state index in [4.69, 9.17) is 4.74 Å². The predicted molar refractivity (Wildman–Crippen MR) is 118 cm³/mol. The van der Waals surface area contributed by atoms with Crippen LogP contribution in [0.15, 0.2) is 65.9 Å². The van der Waals surface area contributed by atoms with E-state index >= 15 is 0 Å². The molecule has 178 valence electrons. The average molecular weight is 472 g/mol. The molecule has 0 aromatic heterocycles. The highest BCUT2D eigenvalue weighted by Crippen LogP contribution is 2.52. The number of nitrogens with zero attached hydrogens (tertiary/aromatic N) is 1. The van der Waals surface area contributed by atoms with Gasteiger partial charge < -0.3 is 10.1 Å². The second-order valence-electron chi connectivity index (χ2n) is 9.17. The molecule has 0 radical (unpaired) electrons. The molecular weight excluding hydrogens is 449 g/mol. The Morgan fingerprint density at radius 1 is 1.00 bits per heavy atom. The molecule has 2 aliphatic rings. The molecule has 4 rings (SSSR count). The zero-order valence-electron chi connectivity index (χ0n) is 18.8. The number of Topliss-reactive ketones (excluding diaryl/α,β-unsaturated/α-hetero) is 1. The highest BCUT2D eigenvalue weighted by molar-refractivity contribution is 6.21. The number of anilines is 1. The largest absolute Gasteiger partial charge is 0.497 e. The lowest BCUT2D eigenvalue weighted by Gasteiger charge is -2.35. The van der Waals surface area contributed by atoms with E-state index in [1.807, 2.05) is 5.32 Å². The minimum atomic E-state index is -5.27. The van der Waals surface area contributed by atoms with Crippen molar-refractivity contribution in [2.24, 2.45) is 5.41 Å². The minimum Gasteiger partial charge on any atom is -0.497 e. The first-order valence-electron chi connectivity index (χ1n) is 10.6. The molecule has 0 saturated carbocycles. The summed E-state index contributed by atoms with van der Waals surface area (Å²) >= 11 is 0. The fourth-order valence-corrected chi connectivity index (χ4v) is 4.59. The number of rotatable bonds is 4. The number of hydrogen-bond donors (Lipinski definition) is 1. The average Bonchev–Trinajstić information content (AvgIpc) is 3.02. The van der Waals surface area contributed by atoms with Crippen LogP contribution < -0.4 is 15.0 Å². The zero-order chi connectivity index (χ0) is 24.9. The number of alkyl halides is 3. The summed E-state index contributed by atoms with van der Waals surface area (Å²) in [5.41, 5.74) is -4.86. The number of ether oxygens (including phenoxy) is 1. The van der Waals surface area contributed by atoms with Crippen molar-refractivity contribution in [3.8, 4) is 5.75 Å². The molecule has 1 unspecified atom stereocenters. The summed E-state index contributed by atoms with van der Waals surface area (Å²) in [4.78, 5) is 40.7. The first kappa shape index (κ1) is 23.5. The van der Waals surface area contributed by atoms with Crippen LogP contribution in [0.3, 0.4) is 0 Å². The Labute approximate surface area is 194 Å². The normalized spacial score (nSPS) is 22.0. The Morgan fingerprint density at radius 2 is 1.62 bits per heavy atom. The van der Waals surface area contributed by atoms with Gasteiger partial charge in [-0.2, -0.15) is 13.2 Å². The zero-order valence-corrected chi connectivity index (χ0v) is 18.8. The van der Waals surface area contributed by atoms with Crippen LogP contribution in [-0.2, 0) is 9.59 Å². The van der Waals surface area contributed by atoms with Crippen molar-refractivity contribution in [1.82, 2.24) is 5.32 Å². The van der Waals surface area contributed by atoms with Gasteiger partial charge in [0.25, 0.3) is 11.8 Å². The third kappa shape index (κ3) is 3.65. The summed E-state index contributed by atoms with van der Waals surface area (Å²) in [6, 6.07) is 13.2. The topological polar surface area (TPSA) is 75.7 Å². The third-order valence-electron chi connectivity index (χ3n) is 6.11. The fourth-order valence-electron chi connectivity index (χ4n) is 4.59. The second-order valence-corrected chi connectivity index (χ2v) is 9.17. The number of allylic oxidation sites excluding steroid dienone is 1. The number of halogens is 3. The first-order valence-corrected chi connectivity index (χ1v) is 10.6. The Balaban J connectivity index is 1.93. The SMILES string of the molecule is COc1ccc(N2C(=O)C(NC(=O)c3ccccc3)(C(F)(F)F)C3=C2CC(C)(C)CC3=O)cc1. The van der Waals surface area contributed by atoms with Crippen molar-refractivity contribution >= 4 is 23.3 Å². The maximum absolute atomic E-state index is 14.8. The molecule has 1 aliphatic heterocycles. The highest BCUT2D eigenvalue weighted by atomic mass is 19.4. The monoisotopic (exact) mass is 472 g/mol. The van der Waals surface area contributed by atoms with Gasteiger partial charge >= 0.3 is 6.18 Å². The quantitative estimate of drug-likeness (QED) is 0.715. The molecule has 0 bridgehead atoms. The van der Waals surface area contributed by atoms with Gasteiger partial charge in [-0.3, -0.25) is 19.3 Å². The molecule has 0 spiro atoms. The predicted octanol–water partition coefficient (Wildman–Crippen LogP) is 4.42. The highest BCUT2D eigenvalue weighted by Gasteiger charge is 2.72. The summed E-state index contributed by atoms with van der Waals surface area (Å²) in [7, 11) is 1.44. The molecule has 2 amide bonds. The van der Waals surface area contributed by atoms with E-state index in [1.165, 1.54) is 55.6 Å². The van der Waals surface area contributed by atoms with Gasteiger partial charge in [0, 0.05) is 23.4 Å². The van der Waals surface area contributed by atoms with Gasteiger partial charge in [-0.05, 0) is 48.2 Å². The molecule has 1 heterocycles. The lowest BCUT2D eigenvalue weighted by Crippen LogP contribution is -2.66. The number of nitrogens with one attached hydrogen (secondary N) is 1. The molecule has 2 aromatic rings. The Hall–Kier alpha value is -3.62. The molecule has 1 N–H and O–H groups in total. The van der Waals surface area contributed by atoms with Gasteiger partial charge in [0.05, 0.1) is 12.7 Å². The van der Waals surface area contributed by atoms with Crippen LogP contribution in [0, 0.1) is 5.41 Å². The van der Waals surface area contributed by atoms with E-state index in [0.29, 0.717) is 5.75 Å². The van der Waals surface area contributed by atoms with Crippen LogP contribution in [-0.4, -0.2) is 36.4 Å². The van der Waals surface area contributed by atoms with E-state index < -0.39 is 40.3 Å². The standard InChI is InChI=1S/C25H23F3N2O4/c1-23(2)13-18-20(19(31)14-23)24(25(26,27)28,29-21(32)15-7-5-4-6-8-15)22(33)30(18)16-9-11-17(34-3)12-10-16/h4-12H,13-14H2,1-3H3,(H,29,32). The van der Waals surface area contributed by atoms with E-state index in [0.717, 1.165) is 4.90 Å². The van der Waals surface area contributed by atoms with Crippen LogP contribution in [0.4, 0.5) is 18.9 Å². The lowest BCUT2D eigenvalue weighted by molar-refractivity contribution is -0.186. The van der Waals surface area contributed by atoms with E-state index in [2.05, 4.69) is 0 Å². The van der Waals surface area contributed by atoms with Crippen LogP contribution in [0.1, 0.15) is 37.0 Å². The minimum absolute atomic E-state index is 0.0465. The summed E-state index contributed by atoms with van der Waals surface area (Å²) < 4.78 is 49.6. The van der Waals surface area contributed by atoms with Gasteiger partial charge in [0.15, 0.2) is 5.78 Å². The van der Waals surface area contributed by atoms with Crippen molar-refractivity contribution < 1.29 is 32.3 Å². The molecule has 34 heavy (non-hydrogen) atoms. The molecule has 6 nitrogen and oxygen atoms in total. The summed E-state index contributed by atoms with van der Waals surface area (Å²) in [5.74, 6) is -2.91. The van der Waals surface area contributed by atoms with Gasteiger partial charge in [0.2, 0.25) is 5.54 Å².